The number of hydrogen-bond acceptors (Lipinski definition) is 1. The molecule has 0 unspecified atom stereocenters. The third-order valence-corrected chi connectivity index (χ3v) is 2.80. The van der Waals surface area contributed by atoms with Gasteiger partial charge in [-0.2, -0.15) is 0 Å². The molecular formula is C20H18O. The molecule has 0 atom stereocenters. The van der Waals surface area contributed by atoms with E-state index in [1.54, 1.807) is 0 Å². The average molecular weight is 290 g/mol. The fourth-order valence-electron chi connectivity index (χ4n) is 1.92. The standard InChI is InChI=1S/C20H18O/c1-14-13-15(2)19(17-11-7-4-8-12-17)20(21)18(14)16-9-5-3-6-10-16/h3-13,21H,1-2H3/i1D3,2D3,3D,4D,5D,6D,7D,8D,9D,10D,11D,12D. The van der Waals surface area contributed by atoms with E-state index in [1.165, 1.54) is 0 Å². The van der Waals surface area contributed by atoms with Gasteiger partial charge in [0.2, 0.25) is 0 Å². The number of aryl methyl sites for hydroxylation is 2. The molecule has 0 saturated carbocycles. The van der Waals surface area contributed by atoms with Crippen LogP contribution >= 0.6 is 0 Å². The molecule has 3 aromatic carbocycles. The number of aromatic hydroxyl groups is 1. The first kappa shape index (κ1) is 4.23. The normalized spacial score (nSPS) is 22.7. The summed E-state index contributed by atoms with van der Waals surface area (Å²) < 4.78 is 128. The van der Waals surface area contributed by atoms with Crippen LogP contribution in [0.1, 0.15) is 33.1 Å². The Bertz CT molecular complexity index is 1290. The lowest BCUT2D eigenvalue weighted by Gasteiger charge is -2.16. The van der Waals surface area contributed by atoms with Gasteiger partial charge in [-0.1, -0.05) is 66.5 Å². The molecule has 0 aliphatic rings. The van der Waals surface area contributed by atoms with E-state index in [0.717, 1.165) is 0 Å². The van der Waals surface area contributed by atoms with Gasteiger partial charge in [-0.3, -0.25) is 0 Å². The Morgan fingerprint density at radius 3 is 1.57 bits per heavy atom. The van der Waals surface area contributed by atoms with Crippen molar-refractivity contribution in [1.82, 2.24) is 0 Å². The van der Waals surface area contributed by atoms with Crippen molar-refractivity contribution >= 4 is 0 Å². The Morgan fingerprint density at radius 1 is 0.762 bits per heavy atom. The van der Waals surface area contributed by atoms with Crippen molar-refractivity contribution in [3.8, 4) is 28.0 Å². The maximum absolute atomic E-state index is 11.4. The van der Waals surface area contributed by atoms with Crippen LogP contribution in [-0.2, 0) is 0 Å². The molecule has 104 valence electrons. The predicted molar refractivity (Wildman–Crippen MR) is 88.5 cm³/mol. The molecule has 3 rings (SSSR count). The van der Waals surface area contributed by atoms with Crippen molar-refractivity contribution in [2.45, 2.75) is 13.7 Å². The number of benzene rings is 3. The molecule has 0 aromatic heterocycles. The maximum atomic E-state index is 11.4. The van der Waals surface area contributed by atoms with Crippen LogP contribution in [0.5, 0.6) is 5.75 Å². The molecule has 1 nitrogen and oxygen atoms in total. The van der Waals surface area contributed by atoms with Crippen LogP contribution in [0.15, 0.2) is 66.5 Å². The number of rotatable bonds is 2. The highest BCUT2D eigenvalue weighted by Gasteiger charge is 2.16. The minimum atomic E-state index is -3.17. The molecule has 0 bridgehead atoms. The lowest BCUT2D eigenvalue weighted by Crippen LogP contribution is -1.92. The van der Waals surface area contributed by atoms with Gasteiger partial charge >= 0.3 is 0 Å². The summed E-state index contributed by atoms with van der Waals surface area (Å²) in [5.41, 5.74) is -4.95. The van der Waals surface area contributed by atoms with Crippen LogP contribution in [-0.4, -0.2) is 5.11 Å². The summed E-state index contributed by atoms with van der Waals surface area (Å²) in [5.74, 6) is -1.23. The largest absolute Gasteiger partial charge is 0.507 e. The Hall–Kier alpha value is -2.54. The zero-order chi connectivity index (χ0) is 28.5. The SMILES string of the molecule is [2H]c1c([2H])c([2H])c(-c2c(C([2H])([2H])[2H])cc(C([2H])([2H])[2H])c(-c3c([2H])c([2H])c([2H])c([2H])c3[2H])c2O)c([2H])c1[2H]. The molecule has 0 aliphatic heterocycles. The molecule has 3 aromatic rings. The van der Waals surface area contributed by atoms with E-state index >= 15 is 0 Å². The maximum Gasteiger partial charge on any atom is 0.131 e. The molecule has 0 aliphatic carbocycles. The fraction of sp³-hybridized carbons (Fsp3) is 0.100. The van der Waals surface area contributed by atoms with E-state index in [1.807, 2.05) is 0 Å². The van der Waals surface area contributed by atoms with Gasteiger partial charge in [-0.05, 0) is 36.0 Å². The Labute approximate surface area is 148 Å². The highest BCUT2D eigenvalue weighted by Crippen LogP contribution is 2.42. The van der Waals surface area contributed by atoms with Gasteiger partial charge in [0.15, 0.2) is 0 Å². The minimum Gasteiger partial charge on any atom is -0.507 e. The van der Waals surface area contributed by atoms with Gasteiger partial charge in [0.05, 0.1) is 13.7 Å². The second-order valence-corrected chi connectivity index (χ2v) is 4.07. The summed E-state index contributed by atoms with van der Waals surface area (Å²) in [7, 11) is 0. The predicted octanol–water partition coefficient (Wildman–Crippen LogP) is 5.34. The minimum absolute atomic E-state index is 0.617. The summed E-state index contributed by atoms with van der Waals surface area (Å²) in [4.78, 5) is 0. The van der Waals surface area contributed by atoms with Gasteiger partial charge in [-0.15, -0.1) is 0 Å². The monoisotopic (exact) mass is 290 g/mol. The van der Waals surface area contributed by atoms with E-state index in [0.29, 0.717) is 6.07 Å². The van der Waals surface area contributed by atoms with Crippen LogP contribution in [0.3, 0.4) is 0 Å². The van der Waals surface area contributed by atoms with Crippen molar-refractivity contribution in [3.05, 3.63) is 77.6 Å². The van der Waals surface area contributed by atoms with E-state index in [4.69, 9.17) is 21.9 Å². The Morgan fingerprint density at radius 2 is 1.19 bits per heavy atom. The fourth-order valence-corrected chi connectivity index (χ4v) is 1.92. The van der Waals surface area contributed by atoms with E-state index in [2.05, 4.69) is 0 Å². The topological polar surface area (TPSA) is 20.2 Å². The second kappa shape index (κ2) is 5.45. The highest BCUT2D eigenvalue weighted by molar-refractivity contribution is 5.86. The Kier molecular flexibility index (Phi) is 1.10. The smallest absolute Gasteiger partial charge is 0.131 e. The lowest BCUT2D eigenvalue weighted by atomic mass is 9.90. The molecule has 0 amide bonds. The lowest BCUT2D eigenvalue weighted by molar-refractivity contribution is 0.478. The van der Waals surface area contributed by atoms with Gasteiger partial charge in [-0.25, -0.2) is 0 Å². The van der Waals surface area contributed by atoms with Crippen molar-refractivity contribution in [3.63, 3.8) is 0 Å². The van der Waals surface area contributed by atoms with Crippen LogP contribution in [0.4, 0.5) is 0 Å². The molecule has 1 N–H and O–H groups in total. The molecule has 21 heavy (non-hydrogen) atoms. The molecular weight excluding hydrogens is 256 g/mol. The van der Waals surface area contributed by atoms with Gasteiger partial charge < -0.3 is 5.11 Å². The van der Waals surface area contributed by atoms with E-state index < -0.39 is 113 Å². The van der Waals surface area contributed by atoms with E-state index in [9.17, 15) is 5.11 Å². The second-order valence-electron chi connectivity index (χ2n) is 4.07. The summed E-state index contributed by atoms with van der Waals surface area (Å²) >= 11 is 0. The van der Waals surface area contributed by atoms with Crippen LogP contribution in [0.25, 0.3) is 22.3 Å². The molecule has 1 heteroatoms. The van der Waals surface area contributed by atoms with Gasteiger partial charge in [0, 0.05) is 19.4 Å². The summed E-state index contributed by atoms with van der Waals surface area (Å²) in [5, 5.41) is 11.4. The van der Waals surface area contributed by atoms with Crippen molar-refractivity contribution in [2.24, 2.45) is 0 Å². The van der Waals surface area contributed by atoms with Crippen molar-refractivity contribution in [1.29, 1.82) is 0 Å². The quantitative estimate of drug-likeness (QED) is 0.675. The van der Waals surface area contributed by atoms with Crippen LogP contribution < -0.4 is 0 Å². The number of hydrogen-bond donors (Lipinski definition) is 1. The summed E-state index contributed by atoms with van der Waals surface area (Å²) in [6, 6.07) is -8.06. The average Bonchev–Trinajstić information content (AvgIpc) is 2.79. The Balaban J connectivity index is 2.75. The van der Waals surface area contributed by atoms with Crippen LogP contribution in [0.2, 0.25) is 0 Å². The first-order valence-corrected chi connectivity index (χ1v) is 5.80. The molecule has 0 heterocycles. The summed E-state index contributed by atoms with van der Waals surface area (Å²) in [6.45, 7) is -6.35. The zero-order valence-electron chi connectivity index (χ0n) is 26.5. The van der Waals surface area contributed by atoms with Crippen molar-refractivity contribution < 1.29 is 27.0 Å². The third-order valence-electron chi connectivity index (χ3n) is 2.80. The van der Waals surface area contributed by atoms with Crippen molar-refractivity contribution in [2.75, 3.05) is 0 Å². The van der Waals surface area contributed by atoms with Crippen LogP contribution in [0, 0.1) is 13.7 Å². The molecule has 0 saturated heterocycles. The molecule has 0 radical (unpaired) electrons. The summed E-state index contributed by atoms with van der Waals surface area (Å²) in [6.07, 6.45) is 0. The van der Waals surface area contributed by atoms with E-state index in [-0.39, 0.29) is 0 Å². The zero-order valence-corrected chi connectivity index (χ0v) is 10.5. The first-order chi connectivity index (χ1) is 16.7. The first-order valence-electron chi connectivity index (χ1n) is 13.8. The van der Waals surface area contributed by atoms with Gasteiger partial charge in [0.1, 0.15) is 5.75 Å². The number of phenolic OH excluding ortho intramolecular Hbond substituents is 1. The molecule has 0 spiro atoms. The molecule has 0 fully saturated rings. The van der Waals surface area contributed by atoms with Gasteiger partial charge in [0.25, 0.3) is 0 Å². The number of phenols is 1. The third kappa shape index (κ3) is 2.43. The highest BCUT2D eigenvalue weighted by atomic mass is 16.3.